The summed E-state index contributed by atoms with van der Waals surface area (Å²) in [5.41, 5.74) is 1.87. The lowest BCUT2D eigenvalue weighted by Gasteiger charge is -2.57. The zero-order valence-electron chi connectivity index (χ0n) is 18.1. The molecule has 7 heteroatoms. The van der Waals surface area contributed by atoms with Crippen LogP contribution in [0.2, 0.25) is 0 Å². The molecule has 2 aliphatic carbocycles. The minimum Gasteiger partial charge on any atom is -0.598 e. The first kappa shape index (κ1) is 21.9. The molecule has 170 valence electrons. The molecule has 2 heterocycles. The lowest BCUT2D eigenvalue weighted by Crippen LogP contribution is -2.71. The number of aliphatic hydroxyl groups excluding tert-OH is 1. The van der Waals surface area contributed by atoms with Crippen molar-refractivity contribution in [2.45, 2.75) is 68.5 Å². The molecule has 1 unspecified atom stereocenters. The molecule has 4 fully saturated rings. The summed E-state index contributed by atoms with van der Waals surface area (Å²) < 4.78 is 31.6. The molecule has 0 radical (unpaired) electrons. The summed E-state index contributed by atoms with van der Waals surface area (Å²) in [6, 6.07) is 14.3. The highest BCUT2D eigenvalue weighted by atomic mass is 32.2. The van der Waals surface area contributed by atoms with Crippen molar-refractivity contribution < 1.29 is 18.8 Å². The van der Waals surface area contributed by atoms with Crippen LogP contribution in [0.25, 0.3) is 11.1 Å². The molecule has 4 atom stereocenters. The number of nitrogens with one attached hydrogen (secondary N) is 1. The molecule has 6 rings (SSSR count). The monoisotopic (exact) mass is 456 g/mol. The van der Waals surface area contributed by atoms with Crippen LogP contribution in [0.15, 0.2) is 48.5 Å². The smallest absolute Gasteiger partial charge is 0.251 e. The maximum atomic E-state index is 15.6. The van der Waals surface area contributed by atoms with Crippen molar-refractivity contribution in [1.82, 2.24) is 9.62 Å². The van der Waals surface area contributed by atoms with Crippen molar-refractivity contribution in [3.8, 4) is 11.1 Å². The van der Waals surface area contributed by atoms with Gasteiger partial charge >= 0.3 is 0 Å². The Labute approximate surface area is 191 Å². The number of hydrogen-bond acceptors (Lipinski definition) is 4. The van der Waals surface area contributed by atoms with Gasteiger partial charge in [-0.1, -0.05) is 48.5 Å². The Balaban J connectivity index is 1.47. The third kappa shape index (κ3) is 4.07. The minimum absolute atomic E-state index is 0.0554. The van der Waals surface area contributed by atoms with Gasteiger partial charge in [-0.05, 0) is 43.2 Å². The summed E-state index contributed by atoms with van der Waals surface area (Å²) >= 11 is -1.16. The first-order chi connectivity index (χ1) is 15.4. The van der Waals surface area contributed by atoms with Gasteiger partial charge in [0.25, 0.3) is 5.91 Å². The van der Waals surface area contributed by atoms with E-state index in [1.54, 1.807) is 17.0 Å². The van der Waals surface area contributed by atoms with Gasteiger partial charge in [0.05, 0.1) is 12.1 Å². The largest absolute Gasteiger partial charge is 0.598 e. The lowest BCUT2D eigenvalue weighted by molar-refractivity contribution is -0.157. The van der Waals surface area contributed by atoms with Crippen molar-refractivity contribution in [3.63, 3.8) is 0 Å². The fraction of sp³-hybridized carbons (Fsp3) is 0.480. The Kier molecular flexibility index (Phi) is 6.01. The number of amides is 1. The predicted molar refractivity (Wildman–Crippen MR) is 122 cm³/mol. The second-order valence-electron chi connectivity index (χ2n) is 9.36. The Hall–Kier alpha value is -1.93. The molecule has 4 aliphatic rings. The summed E-state index contributed by atoms with van der Waals surface area (Å²) in [6.45, 7) is 1.48. The summed E-state index contributed by atoms with van der Waals surface area (Å²) in [5, 5.41) is 10.2. The van der Waals surface area contributed by atoms with E-state index in [-0.39, 0.29) is 35.1 Å². The molecule has 2 saturated heterocycles. The van der Waals surface area contributed by atoms with E-state index in [1.165, 1.54) is 6.92 Å². The van der Waals surface area contributed by atoms with Crippen LogP contribution in [0.3, 0.4) is 0 Å². The molecule has 2 aromatic rings. The highest BCUT2D eigenvalue weighted by Gasteiger charge is 2.55. The number of hydrogen-bond donors (Lipinski definition) is 2. The van der Waals surface area contributed by atoms with Gasteiger partial charge in [-0.3, -0.25) is 4.79 Å². The van der Waals surface area contributed by atoms with Gasteiger partial charge in [0, 0.05) is 35.8 Å². The third-order valence-corrected chi connectivity index (χ3v) is 8.69. The van der Waals surface area contributed by atoms with E-state index in [0.29, 0.717) is 23.5 Å². The van der Waals surface area contributed by atoms with Crippen LogP contribution < -0.4 is 4.72 Å². The van der Waals surface area contributed by atoms with Gasteiger partial charge in [-0.25, -0.2) is 4.39 Å². The minimum atomic E-state index is -1.16. The summed E-state index contributed by atoms with van der Waals surface area (Å²) in [7, 11) is 0. The van der Waals surface area contributed by atoms with E-state index in [2.05, 4.69) is 4.72 Å². The van der Waals surface area contributed by atoms with Crippen molar-refractivity contribution in [1.29, 1.82) is 0 Å². The molecule has 2 bridgehead atoms. The second-order valence-corrected chi connectivity index (χ2v) is 10.9. The van der Waals surface area contributed by atoms with Crippen LogP contribution in [-0.2, 0) is 22.6 Å². The Morgan fingerprint density at radius 2 is 1.94 bits per heavy atom. The first-order valence-electron chi connectivity index (χ1n) is 11.4. The average Bonchev–Trinajstić information content (AvgIpc) is 3.60. The molecule has 2 N–H and O–H groups in total. The van der Waals surface area contributed by atoms with E-state index in [9.17, 15) is 14.5 Å². The summed E-state index contributed by atoms with van der Waals surface area (Å²) in [6.07, 6.45) is 2.77. The Morgan fingerprint density at radius 1 is 1.22 bits per heavy atom. The fourth-order valence-corrected chi connectivity index (χ4v) is 6.56. The molecular weight excluding hydrogens is 427 g/mol. The molecule has 2 aliphatic heterocycles. The van der Waals surface area contributed by atoms with Gasteiger partial charge in [-0.15, -0.1) is 4.72 Å². The number of carbonyl (C=O) groups is 1. The molecule has 32 heavy (non-hydrogen) atoms. The van der Waals surface area contributed by atoms with Gasteiger partial charge in [0.15, 0.2) is 0 Å². The van der Waals surface area contributed by atoms with Crippen LogP contribution in [0.4, 0.5) is 4.39 Å². The molecular formula is C25H29FN2O3S. The highest BCUT2D eigenvalue weighted by Crippen LogP contribution is 2.45. The average molecular weight is 457 g/mol. The number of rotatable bonds is 7. The maximum Gasteiger partial charge on any atom is 0.251 e. The van der Waals surface area contributed by atoms with E-state index >= 15 is 4.39 Å². The second kappa shape index (κ2) is 8.78. The predicted octanol–water partition coefficient (Wildman–Crippen LogP) is 3.19. The van der Waals surface area contributed by atoms with Crippen LogP contribution in [0.1, 0.15) is 38.2 Å². The van der Waals surface area contributed by atoms with Crippen LogP contribution in [-0.4, -0.2) is 49.9 Å². The number of fused-ring (bicyclic) bond motifs is 2. The van der Waals surface area contributed by atoms with Gasteiger partial charge in [0.2, 0.25) is 0 Å². The van der Waals surface area contributed by atoms with E-state index in [0.717, 1.165) is 31.2 Å². The topological polar surface area (TPSA) is 75.6 Å². The van der Waals surface area contributed by atoms with Crippen LogP contribution in [0.5, 0.6) is 0 Å². The summed E-state index contributed by atoms with van der Waals surface area (Å²) in [5.74, 6) is -0.308. The third-order valence-electron chi connectivity index (χ3n) is 7.11. The van der Waals surface area contributed by atoms with Crippen molar-refractivity contribution in [2.75, 3.05) is 0 Å². The molecule has 2 aromatic carbocycles. The van der Waals surface area contributed by atoms with Crippen LogP contribution >= 0.6 is 0 Å². The van der Waals surface area contributed by atoms with E-state index < -0.39 is 17.5 Å². The van der Waals surface area contributed by atoms with Crippen molar-refractivity contribution in [2.24, 2.45) is 5.92 Å². The van der Waals surface area contributed by atoms with Crippen molar-refractivity contribution in [3.05, 3.63) is 59.9 Å². The van der Waals surface area contributed by atoms with Gasteiger partial charge in [0.1, 0.15) is 17.2 Å². The number of benzene rings is 2. The molecule has 1 amide bonds. The van der Waals surface area contributed by atoms with Gasteiger partial charge in [-0.2, -0.15) is 0 Å². The van der Waals surface area contributed by atoms with E-state index in [4.69, 9.17) is 0 Å². The number of piperidine rings is 2. The molecule has 0 aromatic heterocycles. The Morgan fingerprint density at radius 3 is 2.59 bits per heavy atom. The molecule has 0 spiro atoms. The van der Waals surface area contributed by atoms with E-state index in [1.807, 2.05) is 36.4 Å². The number of aliphatic hydroxyl groups is 1. The first-order valence-corrected chi connectivity index (χ1v) is 12.6. The number of carbonyl (C=O) groups excluding carboxylic acids is 1. The zero-order chi connectivity index (χ0) is 22.4. The molecule has 2 saturated carbocycles. The Bertz CT molecular complexity index is 978. The quantitative estimate of drug-likeness (QED) is 0.628. The molecule has 5 nitrogen and oxygen atoms in total. The SMILES string of the molecule is C[C@@H](O)C(=O)N1C2CC(C2)[C@H](N[S+]([O-])C2CC2)[C@@H]1Cc1cccc(-c2ccccc2)c1F. The maximum absolute atomic E-state index is 15.6. The normalized spacial score (nSPS) is 28.7. The lowest BCUT2D eigenvalue weighted by atomic mass is 9.66. The number of nitrogens with zero attached hydrogens (tertiary/aromatic N) is 1. The van der Waals surface area contributed by atoms with Gasteiger partial charge < -0.3 is 14.6 Å². The zero-order valence-corrected chi connectivity index (χ0v) is 18.9. The highest BCUT2D eigenvalue weighted by molar-refractivity contribution is 7.90. The number of halogens is 1. The van der Waals surface area contributed by atoms with Crippen molar-refractivity contribution >= 4 is 17.3 Å². The summed E-state index contributed by atoms with van der Waals surface area (Å²) in [4.78, 5) is 14.7. The standard InChI is InChI=1S/C25H29FN2O3S/c1-15(29)25(30)28-19-12-18(13-19)24(27-32(31)20-10-11-20)22(28)14-17-8-5-9-21(23(17)26)16-6-3-2-4-7-16/h2-9,15,18-20,22,24,27,29H,10-14H2,1H3/t15-,18?,19?,22+,24+,32?/m1/s1. The van der Waals surface area contributed by atoms with Crippen LogP contribution in [0, 0.1) is 11.7 Å². The fourth-order valence-electron chi connectivity index (χ4n) is 5.18.